The van der Waals surface area contributed by atoms with Crippen LogP contribution in [0.5, 0.6) is 0 Å². The van der Waals surface area contributed by atoms with Gasteiger partial charge in [-0.2, -0.15) is 0 Å². The SMILES string of the molecule is CC[C@H]1C(=O)C=CC1CCC=O. The molecule has 0 amide bonds. The van der Waals surface area contributed by atoms with Gasteiger partial charge < -0.3 is 4.79 Å². The summed E-state index contributed by atoms with van der Waals surface area (Å²) in [5.74, 6) is 0.686. The van der Waals surface area contributed by atoms with Crippen LogP contribution < -0.4 is 0 Å². The highest BCUT2D eigenvalue weighted by atomic mass is 16.1. The van der Waals surface area contributed by atoms with Gasteiger partial charge in [-0.3, -0.25) is 4.79 Å². The summed E-state index contributed by atoms with van der Waals surface area (Å²) >= 11 is 0. The van der Waals surface area contributed by atoms with E-state index in [4.69, 9.17) is 0 Å². The quantitative estimate of drug-likeness (QED) is 0.596. The van der Waals surface area contributed by atoms with Crippen molar-refractivity contribution in [2.75, 3.05) is 0 Å². The maximum Gasteiger partial charge on any atom is 0.159 e. The van der Waals surface area contributed by atoms with Crippen molar-refractivity contribution >= 4 is 12.1 Å². The second kappa shape index (κ2) is 4.19. The molecule has 1 unspecified atom stereocenters. The lowest BCUT2D eigenvalue weighted by Crippen LogP contribution is -2.14. The molecular formula is C10H14O2. The molecule has 0 radical (unpaired) electrons. The Hall–Kier alpha value is -0.920. The van der Waals surface area contributed by atoms with Crippen LogP contribution in [0.2, 0.25) is 0 Å². The fourth-order valence-electron chi connectivity index (χ4n) is 1.75. The number of ketones is 1. The fourth-order valence-corrected chi connectivity index (χ4v) is 1.75. The van der Waals surface area contributed by atoms with Gasteiger partial charge in [0.2, 0.25) is 0 Å². The van der Waals surface area contributed by atoms with Gasteiger partial charge in [0.25, 0.3) is 0 Å². The number of carbonyl (C=O) groups is 2. The first-order valence-corrected chi connectivity index (χ1v) is 4.45. The zero-order valence-corrected chi connectivity index (χ0v) is 7.32. The van der Waals surface area contributed by atoms with Crippen LogP contribution in [0.3, 0.4) is 0 Å². The summed E-state index contributed by atoms with van der Waals surface area (Å²) in [6.45, 7) is 2.02. The van der Waals surface area contributed by atoms with Crippen LogP contribution in [-0.2, 0) is 9.59 Å². The average molecular weight is 166 g/mol. The van der Waals surface area contributed by atoms with Crippen LogP contribution in [-0.4, -0.2) is 12.1 Å². The molecule has 1 aliphatic rings. The lowest BCUT2D eigenvalue weighted by molar-refractivity contribution is -0.118. The summed E-state index contributed by atoms with van der Waals surface area (Å²) in [6, 6.07) is 0. The van der Waals surface area contributed by atoms with E-state index in [9.17, 15) is 9.59 Å². The van der Waals surface area contributed by atoms with Crippen LogP contribution in [0.4, 0.5) is 0 Å². The summed E-state index contributed by atoms with van der Waals surface area (Å²) in [7, 11) is 0. The predicted molar refractivity (Wildman–Crippen MR) is 46.7 cm³/mol. The third-order valence-electron chi connectivity index (χ3n) is 2.45. The van der Waals surface area contributed by atoms with Gasteiger partial charge in [-0.15, -0.1) is 0 Å². The summed E-state index contributed by atoms with van der Waals surface area (Å²) in [5.41, 5.74) is 0. The maximum absolute atomic E-state index is 11.2. The first-order valence-electron chi connectivity index (χ1n) is 4.45. The molecule has 0 N–H and O–H groups in total. The van der Waals surface area contributed by atoms with Crippen molar-refractivity contribution in [2.24, 2.45) is 11.8 Å². The van der Waals surface area contributed by atoms with Gasteiger partial charge in [0, 0.05) is 12.3 Å². The van der Waals surface area contributed by atoms with E-state index in [1.807, 2.05) is 13.0 Å². The Kier molecular flexibility index (Phi) is 3.20. The van der Waals surface area contributed by atoms with Crippen molar-refractivity contribution < 1.29 is 9.59 Å². The van der Waals surface area contributed by atoms with Gasteiger partial charge in [-0.05, 0) is 24.8 Å². The predicted octanol–water partition coefficient (Wildman–Crippen LogP) is 1.75. The standard InChI is InChI=1S/C10H14O2/c1-2-9-8(4-3-7-11)5-6-10(9)12/h5-9H,2-4H2,1H3/t8?,9-/m1/s1. The molecule has 0 saturated heterocycles. The Labute approximate surface area is 72.7 Å². The van der Waals surface area contributed by atoms with Crippen LogP contribution in [0, 0.1) is 11.8 Å². The monoisotopic (exact) mass is 166 g/mol. The Bertz CT molecular complexity index is 206. The lowest BCUT2D eigenvalue weighted by Gasteiger charge is -2.14. The molecule has 0 aromatic heterocycles. The second-order valence-corrected chi connectivity index (χ2v) is 3.18. The van der Waals surface area contributed by atoms with Crippen molar-refractivity contribution in [3.05, 3.63) is 12.2 Å². The van der Waals surface area contributed by atoms with E-state index in [1.54, 1.807) is 6.08 Å². The summed E-state index contributed by atoms with van der Waals surface area (Å²) in [5, 5.41) is 0. The summed E-state index contributed by atoms with van der Waals surface area (Å²) < 4.78 is 0. The third-order valence-corrected chi connectivity index (χ3v) is 2.45. The highest BCUT2D eigenvalue weighted by Crippen LogP contribution is 2.28. The normalized spacial score (nSPS) is 27.9. The van der Waals surface area contributed by atoms with Crippen LogP contribution in [0.1, 0.15) is 26.2 Å². The zero-order valence-electron chi connectivity index (χ0n) is 7.32. The van der Waals surface area contributed by atoms with E-state index in [1.165, 1.54) is 0 Å². The molecule has 0 spiro atoms. The molecule has 2 atom stereocenters. The average Bonchev–Trinajstić information content (AvgIpc) is 2.43. The summed E-state index contributed by atoms with van der Waals surface area (Å²) in [4.78, 5) is 21.3. The van der Waals surface area contributed by atoms with Crippen molar-refractivity contribution in [1.29, 1.82) is 0 Å². The molecule has 0 aliphatic heterocycles. The van der Waals surface area contributed by atoms with Crippen LogP contribution >= 0.6 is 0 Å². The molecule has 0 aromatic rings. The lowest BCUT2D eigenvalue weighted by atomic mass is 9.89. The Morgan fingerprint density at radius 1 is 1.58 bits per heavy atom. The number of allylic oxidation sites excluding steroid dienone is 2. The zero-order chi connectivity index (χ0) is 8.97. The highest BCUT2D eigenvalue weighted by molar-refractivity contribution is 5.94. The van der Waals surface area contributed by atoms with Gasteiger partial charge in [-0.25, -0.2) is 0 Å². The minimum Gasteiger partial charge on any atom is -0.303 e. The van der Waals surface area contributed by atoms with Crippen LogP contribution in [0.25, 0.3) is 0 Å². The van der Waals surface area contributed by atoms with E-state index in [0.29, 0.717) is 12.3 Å². The van der Waals surface area contributed by atoms with E-state index < -0.39 is 0 Å². The highest BCUT2D eigenvalue weighted by Gasteiger charge is 2.27. The second-order valence-electron chi connectivity index (χ2n) is 3.18. The van der Waals surface area contributed by atoms with Gasteiger partial charge >= 0.3 is 0 Å². The number of hydrogen-bond acceptors (Lipinski definition) is 2. The molecule has 0 aromatic carbocycles. The number of carbonyl (C=O) groups excluding carboxylic acids is 2. The topological polar surface area (TPSA) is 34.1 Å². The van der Waals surface area contributed by atoms with Crippen LogP contribution in [0.15, 0.2) is 12.2 Å². The molecular weight excluding hydrogens is 152 g/mol. The van der Waals surface area contributed by atoms with Gasteiger partial charge in [0.15, 0.2) is 5.78 Å². The maximum atomic E-state index is 11.2. The minimum atomic E-state index is 0.143. The molecule has 1 rings (SSSR count). The molecule has 0 saturated carbocycles. The van der Waals surface area contributed by atoms with Crippen molar-refractivity contribution in [3.8, 4) is 0 Å². The van der Waals surface area contributed by atoms with Crippen molar-refractivity contribution in [1.82, 2.24) is 0 Å². The summed E-state index contributed by atoms with van der Waals surface area (Å²) in [6.07, 6.45) is 6.80. The smallest absolute Gasteiger partial charge is 0.159 e. The minimum absolute atomic E-state index is 0.143. The van der Waals surface area contributed by atoms with Crippen molar-refractivity contribution in [2.45, 2.75) is 26.2 Å². The Balaban J connectivity index is 2.48. The molecule has 0 fully saturated rings. The fraction of sp³-hybridized carbons (Fsp3) is 0.600. The first kappa shape index (κ1) is 9.17. The molecule has 1 aliphatic carbocycles. The molecule has 66 valence electrons. The van der Waals surface area contributed by atoms with E-state index in [0.717, 1.165) is 19.1 Å². The van der Waals surface area contributed by atoms with Gasteiger partial charge in [0.05, 0.1) is 0 Å². The Morgan fingerprint density at radius 2 is 2.33 bits per heavy atom. The largest absolute Gasteiger partial charge is 0.303 e. The van der Waals surface area contributed by atoms with E-state index in [2.05, 4.69) is 0 Å². The molecule has 12 heavy (non-hydrogen) atoms. The molecule has 0 heterocycles. The molecule has 2 heteroatoms. The molecule has 2 nitrogen and oxygen atoms in total. The van der Waals surface area contributed by atoms with E-state index in [-0.39, 0.29) is 11.7 Å². The van der Waals surface area contributed by atoms with Crippen molar-refractivity contribution in [3.63, 3.8) is 0 Å². The van der Waals surface area contributed by atoms with E-state index >= 15 is 0 Å². The van der Waals surface area contributed by atoms with Gasteiger partial charge in [0.1, 0.15) is 6.29 Å². The number of aldehydes is 1. The molecule has 0 bridgehead atoms. The third kappa shape index (κ3) is 1.81. The number of hydrogen-bond donors (Lipinski definition) is 0. The first-order chi connectivity index (χ1) is 5.79. The van der Waals surface area contributed by atoms with Gasteiger partial charge in [-0.1, -0.05) is 13.0 Å². The number of rotatable bonds is 4. The Morgan fingerprint density at radius 3 is 2.92 bits per heavy atom.